The molecule has 1 fully saturated rings. The summed E-state index contributed by atoms with van der Waals surface area (Å²) < 4.78 is 0. The Morgan fingerprint density at radius 1 is 1.11 bits per heavy atom. The Morgan fingerprint density at radius 2 is 1.79 bits per heavy atom. The third kappa shape index (κ3) is 4.03. The van der Waals surface area contributed by atoms with Crippen molar-refractivity contribution in [3.8, 4) is 0 Å². The van der Waals surface area contributed by atoms with Crippen molar-refractivity contribution >= 4 is 35.6 Å². The number of carbonyl (C=O) groups excluding carboxylic acids is 1. The van der Waals surface area contributed by atoms with Gasteiger partial charge in [0.2, 0.25) is 0 Å². The van der Waals surface area contributed by atoms with E-state index in [0.717, 1.165) is 30.4 Å². The number of carbonyl (C=O) groups is 2. The first-order chi connectivity index (χ1) is 13.4. The van der Waals surface area contributed by atoms with Gasteiger partial charge in [-0.2, -0.15) is 0 Å². The molecule has 1 aliphatic carbocycles. The number of fused-ring (bicyclic) bond motifs is 1. The Bertz CT molecular complexity index is 891. The lowest BCUT2D eigenvalue weighted by molar-refractivity contribution is -0.122. The Morgan fingerprint density at radius 3 is 2.43 bits per heavy atom. The summed E-state index contributed by atoms with van der Waals surface area (Å²) in [5.74, 6) is 0.147. The predicted octanol–water partition coefficient (Wildman–Crippen LogP) is 5.51. The SMILES string of the molecule is Cc1ccc2c(c1)CC1(CCCC1)N(Cc1ccc(Cl)c(Cl)c1)C2=O.O=CO. The van der Waals surface area contributed by atoms with E-state index >= 15 is 0 Å². The van der Waals surface area contributed by atoms with Crippen molar-refractivity contribution < 1.29 is 14.7 Å². The van der Waals surface area contributed by atoms with Crippen LogP contribution in [0.5, 0.6) is 0 Å². The van der Waals surface area contributed by atoms with Gasteiger partial charge in [0, 0.05) is 17.6 Å². The number of aryl methyl sites for hydroxylation is 1. The van der Waals surface area contributed by atoms with E-state index in [1.54, 1.807) is 0 Å². The zero-order valence-electron chi connectivity index (χ0n) is 15.8. The first kappa shape index (κ1) is 20.7. The van der Waals surface area contributed by atoms with Crippen molar-refractivity contribution in [1.82, 2.24) is 4.90 Å². The monoisotopic (exact) mass is 419 g/mol. The minimum absolute atomic E-state index is 0.0516. The van der Waals surface area contributed by atoms with Gasteiger partial charge >= 0.3 is 0 Å². The maximum atomic E-state index is 13.3. The van der Waals surface area contributed by atoms with Crippen LogP contribution in [0.15, 0.2) is 36.4 Å². The summed E-state index contributed by atoms with van der Waals surface area (Å²) in [6, 6.07) is 11.9. The van der Waals surface area contributed by atoms with Gasteiger partial charge < -0.3 is 10.0 Å². The molecule has 0 atom stereocenters. The molecule has 1 heterocycles. The van der Waals surface area contributed by atoms with E-state index < -0.39 is 0 Å². The molecule has 0 bridgehead atoms. The molecule has 0 saturated heterocycles. The van der Waals surface area contributed by atoms with Crippen LogP contribution < -0.4 is 0 Å². The summed E-state index contributed by atoms with van der Waals surface area (Å²) in [7, 11) is 0. The first-order valence-electron chi connectivity index (χ1n) is 9.33. The number of hydrogen-bond donors (Lipinski definition) is 1. The largest absolute Gasteiger partial charge is 0.483 e. The minimum atomic E-state index is -0.250. The Labute approximate surface area is 175 Å². The smallest absolute Gasteiger partial charge is 0.290 e. The zero-order chi connectivity index (χ0) is 20.3. The number of benzene rings is 2. The van der Waals surface area contributed by atoms with Crippen LogP contribution in [-0.2, 0) is 17.8 Å². The molecule has 148 valence electrons. The molecule has 1 aliphatic heterocycles. The molecule has 2 aliphatic rings. The first-order valence-corrected chi connectivity index (χ1v) is 10.1. The molecule has 4 nitrogen and oxygen atoms in total. The summed E-state index contributed by atoms with van der Waals surface area (Å²) in [5.41, 5.74) is 4.26. The van der Waals surface area contributed by atoms with Crippen LogP contribution in [0.25, 0.3) is 0 Å². The molecular formula is C22H23Cl2NO3. The van der Waals surface area contributed by atoms with E-state index in [0.29, 0.717) is 16.6 Å². The van der Waals surface area contributed by atoms with E-state index in [-0.39, 0.29) is 17.9 Å². The second-order valence-corrected chi connectivity index (χ2v) is 8.33. The molecule has 1 saturated carbocycles. The third-order valence-corrected chi connectivity index (χ3v) is 6.43. The van der Waals surface area contributed by atoms with E-state index in [9.17, 15) is 4.79 Å². The van der Waals surface area contributed by atoms with Gasteiger partial charge in [0.1, 0.15) is 0 Å². The van der Waals surface area contributed by atoms with Crippen LogP contribution in [0, 0.1) is 6.92 Å². The van der Waals surface area contributed by atoms with Crippen LogP contribution in [0.3, 0.4) is 0 Å². The van der Waals surface area contributed by atoms with Gasteiger partial charge in [-0.3, -0.25) is 9.59 Å². The standard InChI is InChI=1S/C21H21Cl2NO.CH2O2/c1-14-4-6-17-16(10-14)12-21(8-2-3-9-21)24(20(17)25)13-15-5-7-18(22)19(23)11-15;2-1-3/h4-7,10-11H,2-3,8-9,12-13H2,1H3;1H,(H,2,3). The lowest BCUT2D eigenvalue weighted by Gasteiger charge is -2.46. The molecule has 1 spiro atoms. The number of nitrogens with zero attached hydrogens (tertiary/aromatic N) is 1. The molecule has 6 heteroatoms. The van der Waals surface area contributed by atoms with Gasteiger partial charge in [-0.05, 0) is 55.5 Å². The van der Waals surface area contributed by atoms with Crippen molar-refractivity contribution in [2.45, 2.75) is 51.1 Å². The summed E-state index contributed by atoms with van der Waals surface area (Å²) in [5, 5.41) is 7.98. The molecule has 4 rings (SSSR count). The third-order valence-electron chi connectivity index (χ3n) is 5.69. The van der Waals surface area contributed by atoms with Crippen molar-refractivity contribution in [3.05, 3.63) is 68.7 Å². The highest BCUT2D eigenvalue weighted by Gasteiger charge is 2.46. The molecule has 2 aromatic carbocycles. The fraction of sp³-hybridized carbons (Fsp3) is 0.364. The van der Waals surface area contributed by atoms with Gasteiger partial charge in [0.25, 0.3) is 12.4 Å². The average molecular weight is 420 g/mol. The van der Waals surface area contributed by atoms with Crippen molar-refractivity contribution in [1.29, 1.82) is 0 Å². The Kier molecular flexibility index (Phi) is 6.31. The predicted molar refractivity (Wildman–Crippen MR) is 111 cm³/mol. The number of rotatable bonds is 2. The number of hydrogen-bond acceptors (Lipinski definition) is 2. The highest BCUT2D eigenvalue weighted by Crippen LogP contribution is 2.43. The number of halogens is 2. The second-order valence-electron chi connectivity index (χ2n) is 7.51. The maximum absolute atomic E-state index is 13.3. The Hall–Kier alpha value is -2.04. The average Bonchev–Trinajstić information content (AvgIpc) is 3.11. The zero-order valence-corrected chi connectivity index (χ0v) is 17.3. The van der Waals surface area contributed by atoms with Gasteiger partial charge in [-0.25, -0.2) is 0 Å². The maximum Gasteiger partial charge on any atom is 0.290 e. The highest BCUT2D eigenvalue weighted by atomic mass is 35.5. The van der Waals surface area contributed by atoms with Crippen LogP contribution in [0.2, 0.25) is 10.0 Å². The molecule has 1 amide bonds. The van der Waals surface area contributed by atoms with E-state index in [2.05, 4.69) is 17.9 Å². The normalized spacial score (nSPS) is 17.1. The molecular weight excluding hydrogens is 397 g/mol. The molecule has 1 N–H and O–H groups in total. The fourth-order valence-electron chi connectivity index (χ4n) is 4.43. The topological polar surface area (TPSA) is 57.6 Å². The van der Waals surface area contributed by atoms with Crippen LogP contribution in [0.1, 0.15) is 52.7 Å². The number of amides is 1. The van der Waals surface area contributed by atoms with Crippen LogP contribution in [0.4, 0.5) is 0 Å². The minimum Gasteiger partial charge on any atom is -0.483 e. The summed E-state index contributed by atoms with van der Waals surface area (Å²) in [4.78, 5) is 23.8. The van der Waals surface area contributed by atoms with Gasteiger partial charge in [0.05, 0.1) is 10.0 Å². The fourth-order valence-corrected chi connectivity index (χ4v) is 4.75. The molecule has 28 heavy (non-hydrogen) atoms. The van der Waals surface area contributed by atoms with Crippen LogP contribution >= 0.6 is 23.2 Å². The molecule has 0 aromatic heterocycles. The Balaban J connectivity index is 0.000000706. The molecule has 2 aromatic rings. The van der Waals surface area contributed by atoms with Gasteiger partial charge in [0.15, 0.2) is 0 Å². The van der Waals surface area contributed by atoms with E-state index in [1.165, 1.54) is 24.0 Å². The lowest BCUT2D eigenvalue weighted by Crippen LogP contribution is -2.54. The lowest BCUT2D eigenvalue weighted by atomic mass is 9.80. The van der Waals surface area contributed by atoms with Crippen molar-refractivity contribution in [2.75, 3.05) is 0 Å². The summed E-state index contributed by atoms with van der Waals surface area (Å²) in [6.45, 7) is 2.43. The van der Waals surface area contributed by atoms with E-state index in [1.807, 2.05) is 30.3 Å². The summed E-state index contributed by atoms with van der Waals surface area (Å²) >= 11 is 12.2. The number of carboxylic acid groups (broad SMARTS) is 1. The quantitative estimate of drug-likeness (QED) is 0.652. The summed E-state index contributed by atoms with van der Waals surface area (Å²) in [6.07, 6.45) is 5.48. The molecule has 0 unspecified atom stereocenters. The van der Waals surface area contributed by atoms with E-state index in [4.69, 9.17) is 33.1 Å². The van der Waals surface area contributed by atoms with Crippen molar-refractivity contribution in [2.24, 2.45) is 0 Å². The second kappa shape index (κ2) is 8.54. The van der Waals surface area contributed by atoms with Crippen molar-refractivity contribution in [3.63, 3.8) is 0 Å². The van der Waals surface area contributed by atoms with Gasteiger partial charge in [-0.1, -0.05) is 59.8 Å². The van der Waals surface area contributed by atoms with Crippen LogP contribution in [-0.4, -0.2) is 27.9 Å². The molecule has 0 radical (unpaired) electrons. The highest BCUT2D eigenvalue weighted by molar-refractivity contribution is 6.42. The van der Waals surface area contributed by atoms with Gasteiger partial charge in [-0.15, -0.1) is 0 Å².